The van der Waals surface area contributed by atoms with Crippen molar-refractivity contribution in [3.05, 3.63) is 66.1 Å². The SMILES string of the molecule is Cn1cc(CCCC(=O)NCc2cccnc2)c2ccccc21. The van der Waals surface area contributed by atoms with E-state index in [-0.39, 0.29) is 5.91 Å². The van der Waals surface area contributed by atoms with Gasteiger partial charge in [-0.3, -0.25) is 9.78 Å². The zero-order valence-corrected chi connectivity index (χ0v) is 13.3. The first kappa shape index (κ1) is 15.3. The van der Waals surface area contributed by atoms with E-state index in [0.29, 0.717) is 13.0 Å². The summed E-state index contributed by atoms with van der Waals surface area (Å²) in [6, 6.07) is 12.2. The van der Waals surface area contributed by atoms with Crippen molar-refractivity contribution in [3.63, 3.8) is 0 Å². The number of carbonyl (C=O) groups excluding carboxylic acids is 1. The average Bonchev–Trinajstić information content (AvgIpc) is 2.91. The van der Waals surface area contributed by atoms with E-state index >= 15 is 0 Å². The maximum absolute atomic E-state index is 11.9. The summed E-state index contributed by atoms with van der Waals surface area (Å²) in [5, 5.41) is 4.23. The molecule has 0 aliphatic carbocycles. The van der Waals surface area contributed by atoms with Crippen LogP contribution in [0.15, 0.2) is 55.0 Å². The van der Waals surface area contributed by atoms with E-state index < -0.39 is 0 Å². The maximum Gasteiger partial charge on any atom is 0.220 e. The van der Waals surface area contributed by atoms with Crippen LogP contribution in [0.3, 0.4) is 0 Å². The molecule has 23 heavy (non-hydrogen) atoms. The fraction of sp³-hybridized carbons (Fsp3) is 0.263. The van der Waals surface area contributed by atoms with Gasteiger partial charge < -0.3 is 9.88 Å². The minimum atomic E-state index is 0.0917. The van der Waals surface area contributed by atoms with Crippen molar-refractivity contribution in [1.82, 2.24) is 14.9 Å². The largest absolute Gasteiger partial charge is 0.352 e. The zero-order chi connectivity index (χ0) is 16.1. The Kier molecular flexibility index (Phi) is 4.71. The van der Waals surface area contributed by atoms with E-state index in [1.54, 1.807) is 12.4 Å². The van der Waals surface area contributed by atoms with Crippen LogP contribution >= 0.6 is 0 Å². The highest BCUT2D eigenvalue weighted by molar-refractivity contribution is 5.84. The first-order valence-electron chi connectivity index (χ1n) is 7.92. The molecular weight excluding hydrogens is 286 g/mol. The van der Waals surface area contributed by atoms with Crippen molar-refractivity contribution in [2.45, 2.75) is 25.8 Å². The quantitative estimate of drug-likeness (QED) is 0.760. The predicted octanol–water partition coefficient (Wildman–Crippen LogP) is 3.21. The third-order valence-electron chi connectivity index (χ3n) is 4.04. The average molecular weight is 307 g/mol. The number of para-hydroxylation sites is 1. The molecule has 0 saturated heterocycles. The molecule has 4 nitrogen and oxygen atoms in total. The minimum Gasteiger partial charge on any atom is -0.352 e. The van der Waals surface area contributed by atoms with Gasteiger partial charge in [-0.2, -0.15) is 0 Å². The molecule has 0 fully saturated rings. The van der Waals surface area contributed by atoms with Gasteiger partial charge in [-0.1, -0.05) is 24.3 Å². The number of hydrogen-bond donors (Lipinski definition) is 1. The Hall–Kier alpha value is -2.62. The smallest absolute Gasteiger partial charge is 0.220 e. The molecule has 0 atom stereocenters. The topological polar surface area (TPSA) is 46.9 Å². The molecule has 0 aliphatic heterocycles. The van der Waals surface area contributed by atoms with Crippen LogP contribution < -0.4 is 5.32 Å². The summed E-state index contributed by atoms with van der Waals surface area (Å²) in [6.45, 7) is 0.543. The number of benzene rings is 1. The minimum absolute atomic E-state index is 0.0917. The van der Waals surface area contributed by atoms with Gasteiger partial charge in [-0.05, 0) is 36.1 Å². The summed E-state index contributed by atoms with van der Waals surface area (Å²) in [7, 11) is 2.06. The number of aryl methyl sites for hydroxylation is 2. The standard InChI is InChI=1S/C19H21N3O/c1-22-14-16(17-8-2-3-9-18(17)22)7-4-10-19(23)21-13-15-6-5-11-20-12-15/h2-3,5-6,8-9,11-12,14H,4,7,10,13H2,1H3,(H,21,23). The lowest BCUT2D eigenvalue weighted by Crippen LogP contribution is -2.22. The third kappa shape index (κ3) is 3.77. The molecule has 118 valence electrons. The Morgan fingerprint density at radius 2 is 2.09 bits per heavy atom. The highest BCUT2D eigenvalue weighted by Gasteiger charge is 2.07. The highest BCUT2D eigenvalue weighted by atomic mass is 16.1. The molecule has 0 spiro atoms. The molecule has 0 aliphatic rings. The van der Waals surface area contributed by atoms with Gasteiger partial charge in [-0.25, -0.2) is 0 Å². The Balaban J connectivity index is 1.50. The van der Waals surface area contributed by atoms with Crippen molar-refractivity contribution in [2.75, 3.05) is 0 Å². The van der Waals surface area contributed by atoms with Crippen LogP contribution in [0.2, 0.25) is 0 Å². The van der Waals surface area contributed by atoms with Gasteiger partial charge in [0.05, 0.1) is 0 Å². The second-order valence-corrected chi connectivity index (χ2v) is 5.77. The van der Waals surface area contributed by atoms with E-state index in [4.69, 9.17) is 0 Å². The summed E-state index contributed by atoms with van der Waals surface area (Å²) in [5.74, 6) is 0.0917. The normalized spacial score (nSPS) is 10.8. The molecule has 1 amide bonds. The Morgan fingerprint density at radius 3 is 2.91 bits per heavy atom. The molecule has 3 aromatic rings. The third-order valence-corrected chi connectivity index (χ3v) is 4.04. The summed E-state index contributed by atoms with van der Waals surface area (Å²) >= 11 is 0. The van der Waals surface area contributed by atoms with Crippen LogP contribution in [0.25, 0.3) is 10.9 Å². The number of amides is 1. The molecule has 1 aromatic carbocycles. The Morgan fingerprint density at radius 1 is 1.22 bits per heavy atom. The summed E-state index contributed by atoms with van der Waals surface area (Å²) in [6.07, 6.45) is 7.99. The number of nitrogens with zero attached hydrogens (tertiary/aromatic N) is 2. The van der Waals surface area contributed by atoms with E-state index in [1.807, 2.05) is 12.1 Å². The van der Waals surface area contributed by atoms with Gasteiger partial charge >= 0.3 is 0 Å². The molecule has 0 saturated carbocycles. The highest BCUT2D eigenvalue weighted by Crippen LogP contribution is 2.21. The van der Waals surface area contributed by atoms with Gasteiger partial charge in [-0.15, -0.1) is 0 Å². The molecule has 4 heteroatoms. The number of aromatic nitrogens is 2. The van der Waals surface area contributed by atoms with Gasteiger partial charge in [0.25, 0.3) is 0 Å². The lowest BCUT2D eigenvalue weighted by atomic mass is 10.1. The van der Waals surface area contributed by atoms with Crippen molar-refractivity contribution < 1.29 is 4.79 Å². The maximum atomic E-state index is 11.9. The predicted molar refractivity (Wildman–Crippen MR) is 91.9 cm³/mol. The van der Waals surface area contributed by atoms with Crippen molar-refractivity contribution >= 4 is 16.8 Å². The van der Waals surface area contributed by atoms with Crippen molar-refractivity contribution in [1.29, 1.82) is 0 Å². The van der Waals surface area contributed by atoms with Crippen LogP contribution in [-0.4, -0.2) is 15.5 Å². The lowest BCUT2D eigenvalue weighted by molar-refractivity contribution is -0.121. The number of nitrogens with one attached hydrogen (secondary N) is 1. The van der Waals surface area contributed by atoms with Crippen LogP contribution in [0.4, 0.5) is 0 Å². The summed E-state index contributed by atoms with van der Waals surface area (Å²) < 4.78 is 2.15. The molecular formula is C19H21N3O. The lowest BCUT2D eigenvalue weighted by Gasteiger charge is -2.05. The van der Waals surface area contributed by atoms with E-state index in [2.05, 4.69) is 52.4 Å². The van der Waals surface area contributed by atoms with Crippen molar-refractivity contribution in [3.8, 4) is 0 Å². The molecule has 1 N–H and O–H groups in total. The number of hydrogen-bond acceptors (Lipinski definition) is 2. The first-order valence-corrected chi connectivity index (χ1v) is 7.92. The molecule has 0 bridgehead atoms. The number of carbonyl (C=O) groups is 1. The van der Waals surface area contributed by atoms with Crippen molar-refractivity contribution in [2.24, 2.45) is 7.05 Å². The second-order valence-electron chi connectivity index (χ2n) is 5.77. The number of fused-ring (bicyclic) bond motifs is 1. The summed E-state index contributed by atoms with van der Waals surface area (Å²) in [5.41, 5.74) is 3.57. The second kappa shape index (κ2) is 7.09. The van der Waals surface area contributed by atoms with Gasteiger partial charge in [0, 0.05) is 49.5 Å². The molecule has 0 unspecified atom stereocenters. The monoisotopic (exact) mass is 307 g/mol. The molecule has 0 radical (unpaired) electrons. The van der Waals surface area contributed by atoms with E-state index in [1.165, 1.54) is 16.5 Å². The van der Waals surface area contributed by atoms with Gasteiger partial charge in [0.2, 0.25) is 5.91 Å². The number of pyridine rings is 1. The fourth-order valence-corrected chi connectivity index (χ4v) is 2.86. The Labute approximate surface area is 136 Å². The number of rotatable bonds is 6. The van der Waals surface area contributed by atoms with Gasteiger partial charge in [0.1, 0.15) is 0 Å². The van der Waals surface area contributed by atoms with Gasteiger partial charge in [0.15, 0.2) is 0 Å². The van der Waals surface area contributed by atoms with Crippen LogP contribution in [-0.2, 0) is 24.8 Å². The van der Waals surface area contributed by atoms with Crippen LogP contribution in [0.1, 0.15) is 24.0 Å². The summed E-state index contributed by atoms with van der Waals surface area (Å²) in [4.78, 5) is 16.0. The molecule has 2 heterocycles. The van der Waals surface area contributed by atoms with Crippen LogP contribution in [0, 0.1) is 0 Å². The van der Waals surface area contributed by atoms with E-state index in [9.17, 15) is 4.79 Å². The van der Waals surface area contributed by atoms with Crippen LogP contribution in [0.5, 0.6) is 0 Å². The molecule has 2 aromatic heterocycles. The fourth-order valence-electron chi connectivity index (χ4n) is 2.86. The van der Waals surface area contributed by atoms with E-state index in [0.717, 1.165) is 18.4 Å². The Bertz CT molecular complexity index is 793. The zero-order valence-electron chi connectivity index (χ0n) is 13.3. The molecule has 3 rings (SSSR count). The first-order chi connectivity index (χ1) is 11.2.